The van der Waals surface area contributed by atoms with Crippen molar-refractivity contribution in [2.75, 3.05) is 13.1 Å². The lowest BCUT2D eigenvalue weighted by Gasteiger charge is -2.35. The quantitative estimate of drug-likeness (QED) is 0.759. The number of rotatable bonds is 6. The molecule has 0 aromatic heterocycles. The Kier molecular flexibility index (Phi) is 6.96. The molecule has 3 rings (SSSR count). The zero-order valence-electron chi connectivity index (χ0n) is 16.6. The zero-order chi connectivity index (χ0) is 20.9. The van der Waals surface area contributed by atoms with E-state index in [9.17, 15) is 18.0 Å². The van der Waals surface area contributed by atoms with Gasteiger partial charge in [0.1, 0.15) is 0 Å². The minimum atomic E-state index is -4.38. The van der Waals surface area contributed by atoms with Crippen LogP contribution in [-0.2, 0) is 23.9 Å². The summed E-state index contributed by atoms with van der Waals surface area (Å²) in [6.07, 6.45) is -1.23. The Balaban J connectivity index is 1.46. The molecule has 29 heavy (non-hydrogen) atoms. The van der Waals surface area contributed by atoms with Gasteiger partial charge in [0.15, 0.2) is 0 Å². The van der Waals surface area contributed by atoms with Gasteiger partial charge in [0, 0.05) is 6.54 Å². The van der Waals surface area contributed by atoms with Gasteiger partial charge in [-0.25, -0.2) is 0 Å². The molecule has 1 amide bonds. The molecule has 1 unspecified atom stereocenters. The van der Waals surface area contributed by atoms with Crippen molar-refractivity contribution in [3.8, 4) is 0 Å². The Bertz CT molecular complexity index is 799. The van der Waals surface area contributed by atoms with Crippen molar-refractivity contribution in [2.45, 2.75) is 44.9 Å². The molecule has 1 aliphatic rings. The van der Waals surface area contributed by atoms with Crippen LogP contribution in [0, 0.1) is 5.92 Å². The lowest BCUT2D eigenvalue weighted by Crippen LogP contribution is -2.48. The number of hydrogen-bond donors (Lipinski definition) is 1. The first kappa shape index (κ1) is 21.4. The predicted octanol–water partition coefficient (Wildman–Crippen LogP) is 4.66. The number of hydrogen-bond acceptors (Lipinski definition) is 2. The van der Waals surface area contributed by atoms with Crippen molar-refractivity contribution in [2.24, 2.45) is 5.92 Å². The fraction of sp³-hybridized carbons (Fsp3) is 0.435. The molecule has 0 spiro atoms. The largest absolute Gasteiger partial charge is 0.416 e. The number of benzene rings is 2. The van der Waals surface area contributed by atoms with Crippen LogP contribution in [0.15, 0.2) is 54.6 Å². The smallest absolute Gasteiger partial charge is 0.351 e. The van der Waals surface area contributed by atoms with Crippen molar-refractivity contribution in [1.82, 2.24) is 10.2 Å². The van der Waals surface area contributed by atoms with Crippen LogP contribution in [0.3, 0.4) is 0 Å². The van der Waals surface area contributed by atoms with E-state index in [4.69, 9.17) is 0 Å². The Morgan fingerprint density at radius 2 is 1.72 bits per heavy atom. The lowest BCUT2D eigenvalue weighted by molar-refractivity contribution is -0.137. The summed E-state index contributed by atoms with van der Waals surface area (Å²) in [7, 11) is 0. The molecule has 3 nitrogen and oxygen atoms in total. The Hall–Kier alpha value is -2.34. The Labute approximate surface area is 169 Å². The maximum Gasteiger partial charge on any atom is 0.416 e. The fourth-order valence-electron chi connectivity index (χ4n) is 3.85. The molecule has 0 aliphatic carbocycles. The van der Waals surface area contributed by atoms with Crippen LogP contribution in [-0.4, -0.2) is 29.9 Å². The second-order valence-corrected chi connectivity index (χ2v) is 7.76. The van der Waals surface area contributed by atoms with Crippen molar-refractivity contribution in [3.05, 3.63) is 71.3 Å². The highest BCUT2D eigenvalue weighted by atomic mass is 19.4. The molecule has 1 heterocycles. The molecule has 0 bridgehead atoms. The van der Waals surface area contributed by atoms with Crippen LogP contribution in [0.4, 0.5) is 13.2 Å². The molecule has 2 aromatic carbocycles. The van der Waals surface area contributed by atoms with E-state index < -0.39 is 11.7 Å². The van der Waals surface area contributed by atoms with Crippen molar-refractivity contribution < 1.29 is 18.0 Å². The molecule has 6 heteroatoms. The van der Waals surface area contributed by atoms with E-state index in [0.29, 0.717) is 11.5 Å². The molecule has 2 aromatic rings. The van der Waals surface area contributed by atoms with E-state index in [1.807, 2.05) is 13.0 Å². The minimum Gasteiger partial charge on any atom is -0.351 e. The van der Waals surface area contributed by atoms with Gasteiger partial charge in [-0.1, -0.05) is 42.5 Å². The highest BCUT2D eigenvalue weighted by molar-refractivity contribution is 5.81. The molecule has 1 N–H and O–H groups in total. The summed E-state index contributed by atoms with van der Waals surface area (Å²) in [6.45, 7) is 3.67. The molecule has 1 saturated heterocycles. The monoisotopic (exact) mass is 404 g/mol. The van der Waals surface area contributed by atoms with Crippen LogP contribution in [0.5, 0.6) is 0 Å². The number of carbonyl (C=O) groups excluding carboxylic acids is 1. The van der Waals surface area contributed by atoms with E-state index in [-0.39, 0.29) is 18.5 Å². The molecule has 0 radical (unpaired) electrons. The third-order valence-corrected chi connectivity index (χ3v) is 5.66. The number of alkyl halides is 3. The van der Waals surface area contributed by atoms with Crippen LogP contribution in [0.2, 0.25) is 0 Å². The average molecular weight is 404 g/mol. The molecule has 1 aliphatic heterocycles. The first-order valence-corrected chi connectivity index (χ1v) is 10.0. The van der Waals surface area contributed by atoms with Crippen molar-refractivity contribution in [3.63, 3.8) is 0 Å². The normalized spacial score (nSPS) is 17.1. The first-order valence-electron chi connectivity index (χ1n) is 10.0. The summed E-state index contributed by atoms with van der Waals surface area (Å²) in [4.78, 5) is 14.7. The number of nitrogens with one attached hydrogen (secondary N) is 1. The third kappa shape index (κ3) is 6.07. The molecular weight excluding hydrogens is 377 g/mol. The second-order valence-electron chi connectivity index (χ2n) is 7.76. The summed E-state index contributed by atoms with van der Waals surface area (Å²) in [5.74, 6) is 0.470. The summed E-state index contributed by atoms with van der Waals surface area (Å²) in [5, 5.41) is 2.78. The number of carbonyl (C=O) groups is 1. The topological polar surface area (TPSA) is 32.3 Å². The Morgan fingerprint density at radius 3 is 2.38 bits per heavy atom. The minimum absolute atomic E-state index is 0.0948. The summed E-state index contributed by atoms with van der Waals surface area (Å²) >= 11 is 0. The molecule has 156 valence electrons. The first-order chi connectivity index (χ1) is 13.8. The SMILES string of the molecule is CC(C(=O)NCc1cccc(C(F)(F)F)c1)N1CCC(Cc2ccccc2)CC1. The van der Waals surface area contributed by atoms with E-state index >= 15 is 0 Å². The summed E-state index contributed by atoms with van der Waals surface area (Å²) in [6, 6.07) is 15.2. The fourth-order valence-corrected chi connectivity index (χ4v) is 3.85. The third-order valence-electron chi connectivity index (χ3n) is 5.66. The summed E-state index contributed by atoms with van der Waals surface area (Å²) < 4.78 is 38.4. The van der Waals surface area contributed by atoms with Gasteiger partial charge in [-0.2, -0.15) is 13.2 Å². The van der Waals surface area contributed by atoms with Gasteiger partial charge in [-0.15, -0.1) is 0 Å². The highest BCUT2D eigenvalue weighted by Gasteiger charge is 2.30. The number of halogens is 3. The standard InChI is InChI=1S/C23H27F3N2O/c1-17(22(29)27-16-20-8-5-9-21(15-20)23(24,25)26)28-12-10-19(11-13-28)14-18-6-3-2-4-7-18/h2-9,15,17,19H,10-14,16H2,1H3,(H,27,29). The van der Waals surface area contributed by atoms with E-state index in [2.05, 4.69) is 34.5 Å². The highest BCUT2D eigenvalue weighted by Crippen LogP contribution is 2.29. The number of piperidine rings is 1. The van der Waals surface area contributed by atoms with Crippen molar-refractivity contribution in [1.29, 1.82) is 0 Å². The summed E-state index contributed by atoms with van der Waals surface area (Å²) in [5.41, 5.74) is 1.09. The maximum absolute atomic E-state index is 12.8. The van der Waals surface area contributed by atoms with Crippen LogP contribution < -0.4 is 5.32 Å². The van der Waals surface area contributed by atoms with Gasteiger partial charge < -0.3 is 5.32 Å². The Morgan fingerprint density at radius 1 is 1.07 bits per heavy atom. The number of amides is 1. The number of nitrogens with zero attached hydrogens (tertiary/aromatic N) is 1. The van der Waals surface area contributed by atoms with Gasteiger partial charge in [0.2, 0.25) is 5.91 Å². The maximum atomic E-state index is 12.8. The van der Waals surface area contributed by atoms with Gasteiger partial charge in [0.05, 0.1) is 11.6 Å². The second kappa shape index (κ2) is 9.44. The molecule has 0 saturated carbocycles. The van der Waals surface area contributed by atoms with Crippen LogP contribution in [0.1, 0.15) is 36.5 Å². The average Bonchev–Trinajstić information content (AvgIpc) is 2.72. The van der Waals surface area contributed by atoms with Gasteiger partial charge in [-0.3, -0.25) is 9.69 Å². The molecule has 1 fully saturated rings. The van der Waals surface area contributed by atoms with E-state index in [0.717, 1.165) is 44.5 Å². The molecule has 1 atom stereocenters. The van der Waals surface area contributed by atoms with Gasteiger partial charge in [0.25, 0.3) is 0 Å². The van der Waals surface area contributed by atoms with Crippen LogP contribution >= 0.6 is 0 Å². The van der Waals surface area contributed by atoms with Crippen LogP contribution in [0.25, 0.3) is 0 Å². The van der Waals surface area contributed by atoms with E-state index in [1.165, 1.54) is 11.6 Å². The van der Waals surface area contributed by atoms with E-state index in [1.54, 1.807) is 6.07 Å². The van der Waals surface area contributed by atoms with Gasteiger partial charge in [-0.05, 0) is 68.5 Å². The molecular formula is C23H27F3N2O. The number of likely N-dealkylation sites (tertiary alicyclic amines) is 1. The zero-order valence-corrected chi connectivity index (χ0v) is 16.6. The van der Waals surface area contributed by atoms with Gasteiger partial charge >= 0.3 is 6.18 Å². The lowest BCUT2D eigenvalue weighted by atomic mass is 9.89. The van der Waals surface area contributed by atoms with Crippen molar-refractivity contribution >= 4 is 5.91 Å². The predicted molar refractivity (Wildman–Crippen MR) is 107 cm³/mol.